The Hall–Kier alpha value is -0.770. The van der Waals surface area contributed by atoms with Crippen LogP contribution in [0.15, 0.2) is 18.2 Å². The molecule has 0 bridgehead atoms. The molecule has 0 spiro atoms. The Morgan fingerprint density at radius 3 is 2.60 bits per heavy atom. The first-order valence-corrected chi connectivity index (χ1v) is 7.39. The predicted molar refractivity (Wildman–Crippen MR) is 84.4 cm³/mol. The van der Waals surface area contributed by atoms with E-state index >= 15 is 0 Å². The smallest absolute Gasteiger partial charge is 0.122 e. The van der Waals surface area contributed by atoms with E-state index in [0.29, 0.717) is 12.5 Å². The average molecular weight is 300 g/mol. The molecule has 0 saturated heterocycles. The molecule has 4 heteroatoms. The lowest BCUT2D eigenvalue weighted by molar-refractivity contribution is 0.206. The van der Waals surface area contributed by atoms with Crippen LogP contribution in [-0.2, 0) is 13.0 Å². The quantitative estimate of drug-likeness (QED) is 0.849. The minimum Gasteiger partial charge on any atom is -0.493 e. The van der Waals surface area contributed by atoms with Crippen molar-refractivity contribution < 1.29 is 9.84 Å². The van der Waals surface area contributed by atoms with Gasteiger partial charge in [-0.05, 0) is 43.4 Å². The number of ether oxygens (including phenoxy) is 1. The van der Waals surface area contributed by atoms with E-state index in [9.17, 15) is 5.11 Å². The van der Waals surface area contributed by atoms with Gasteiger partial charge in [-0.3, -0.25) is 0 Å². The van der Waals surface area contributed by atoms with Gasteiger partial charge in [0.1, 0.15) is 5.75 Å². The summed E-state index contributed by atoms with van der Waals surface area (Å²) in [6, 6.07) is 5.88. The molecule has 0 aliphatic heterocycles. The molecule has 2 rings (SSSR count). The fourth-order valence-corrected chi connectivity index (χ4v) is 2.88. The number of hydrogen-bond acceptors (Lipinski definition) is 3. The van der Waals surface area contributed by atoms with Gasteiger partial charge >= 0.3 is 0 Å². The summed E-state index contributed by atoms with van der Waals surface area (Å²) >= 11 is 0. The first-order chi connectivity index (χ1) is 9.35. The Morgan fingerprint density at radius 2 is 1.95 bits per heavy atom. The van der Waals surface area contributed by atoms with E-state index in [-0.39, 0.29) is 19.0 Å². The van der Waals surface area contributed by atoms with E-state index in [0.717, 1.165) is 29.9 Å². The molecule has 0 unspecified atom stereocenters. The largest absolute Gasteiger partial charge is 0.493 e. The lowest BCUT2D eigenvalue weighted by Gasteiger charge is -2.23. The topological polar surface area (TPSA) is 55.5 Å². The number of rotatable bonds is 6. The van der Waals surface area contributed by atoms with E-state index in [4.69, 9.17) is 10.5 Å². The number of nitrogens with two attached hydrogens (primary N) is 1. The number of hydrogen-bond donors (Lipinski definition) is 2. The van der Waals surface area contributed by atoms with Crippen LogP contribution >= 0.6 is 12.4 Å². The van der Waals surface area contributed by atoms with Crippen LogP contribution in [0.25, 0.3) is 0 Å². The molecule has 1 fully saturated rings. The monoisotopic (exact) mass is 299 g/mol. The van der Waals surface area contributed by atoms with Crippen LogP contribution < -0.4 is 10.5 Å². The van der Waals surface area contributed by atoms with Gasteiger partial charge in [-0.2, -0.15) is 0 Å². The van der Waals surface area contributed by atoms with Crippen LogP contribution in [0.3, 0.4) is 0 Å². The first-order valence-electron chi connectivity index (χ1n) is 7.39. The summed E-state index contributed by atoms with van der Waals surface area (Å²) < 4.78 is 6.00. The van der Waals surface area contributed by atoms with Gasteiger partial charge in [0, 0.05) is 5.56 Å². The Kier molecular flexibility index (Phi) is 7.97. The third kappa shape index (κ3) is 4.65. The van der Waals surface area contributed by atoms with Crippen LogP contribution in [0.4, 0.5) is 0 Å². The minimum atomic E-state index is 0. The zero-order valence-corrected chi connectivity index (χ0v) is 12.8. The van der Waals surface area contributed by atoms with Crippen LogP contribution in [0.5, 0.6) is 5.75 Å². The van der Waals surface area contributed by atoms with Crippen molar-refractivity contribution in [3.63, 3.8) is 0 Å². The van der Waals surface area contributed by atoms with Crippen LogP contribution in [-0.4, -0.2) is 18.3 Å². The molecule has 0 aromatic heterocycles. The van der Waals surface area contributed by atoms with Crippen molar-refractivity contribution in [1.82, 2.24) is 0 Å². The molecule has 3 N–H and O–H groups in total. The van der Waals surface area contributed by atoms with Gasteiger partial charge in [-0.1, -0.05) is 31.4 Å². The third-order valence-corrected chi connectivity index (χ3v) is 3.99. The molecule has 0 radical (unpaired) electrons. The van der Waals surface area contributed by atoms with E-state index in [1.807, 2.05) is 18.2 Å². The van der Waals surface area contributed by atoms with Crippen molar-refractivity contribution in [3.05, 3.63) is 29.3 Å². The van der Waals surface area contributed by atoms with Crippen molar-refractivity contribution >= 4 is 12.4 Å². The number of aliphatic hydroxyl groups is 1. The molecule has 3 nitrogen and oxygen atoms in total. The van der Waals surface area contributed by atoms with Crippen LogP contribution in [0.2, 0.25) is 0 Å². The lowest BCUT2D eigenvalue weighted by Crippen LogP contribution is -2.16. The van der Waals surface area contributed by atoms with Crippen molar-refractivity contribution in [1.29, 1.82) is 0 Å². The second kappa shape index (κ2) is 9.22. The number of benzene rings is 1. The number of aliphatic hydroxyl groups excluding tert-OH is 1. The molecule has 1 aliphatic carbocycles. The van der Waals surface area contributed by atoms with Crippen molar-refractivity contribution in [2.24, 2.45) is 11.7 Å². The minimum absolute atomic E-state index is 0. The highest BCUT2D eigenvalue weighted by molar-refractivity contribution is 5.85. The first kappa shape index (κ1) is 17.3. The van der Waals surface area contributed by atoms with Gasteiger partial charge in [-0.15, -0.1) is 12.4 Å². The summed E-state index contributed by atoms with van der Waals surface area (Å²) in [5, 5.41) is 9.39. The molecule has 1 aromatic carbocycles. The molecule has 0 heterocycles. The highest BCUT2D eigenvalue weighted by atomic mass is 35.5. The molecule has 0 amide bonds. The third-order valence-electron chi connectivity index (χ3n) is 3.99. The molecular weight excluding hydrogens is 274 g/mol. The molecule has 114 valence electrons. The summed E-state index contributed by atoms with van der Waals surface area (Å²) in [6.07, 6.45) is 7.37. The second-order valence-corrected chi connectivity index (χ2v) is 5.41. The molecule has 0 atom stereocenters. The molecule has 1 saturated carbocycles. The maximum absolute atomic E-state index is 9.39. The van der Waals surface area contributed by atoms with Gasteiger partial charge in [0.05, 0.1) is 13.2 Å². The Balaban J connectivity index is 0.00000200. The van der Waals surface area contributed by atoms with Gasteiger partial charge in [0.25, 0.3) is 0 Å². The average Bonchev–Trinajstić information content (AvgIpc) is 2.47. The zero-order valence-electron chi connectivity index (χ0n) is 12.0. The van der Waals surface area contributed by atoms with E-state index in [1.54, 1.807) is 0 Å². The van der Waals surface area contributed by atoms with E-state index in [1.165, 1.54) is 32.1 Å². The Labute approximate surface area is 127 Å². The summed E-state index contributed by atoms with van der Waals surface area (Å²) in [4.78, 5) is 0. The standard InChI is InChI=1S/C16H25NO2.ClH/c17-10-9-15-14(11-18)7-4-8-16(15)19-12-13-5-2-1-3-6-13;/h4,7-8,13,18H,1-3,5-6,9-12,17H2;1H. The summed E-state index contributed by atoms with van der Waals surface area (Å²) in [7, 11) is 0. The van der Waals surface area contributed by atoms with Crippen molar-refractivity contribution in [2.45, 2.75) is 45.1 Å². The summed E-state index contributed by atoms with van der Waals surface area (Å²) in [6.45, 7) is 1.43. The molecular formula is C16H26ClNO2. The second-order valence-electron chi connectivity index (χ2n) is 5.41. The van der Waals surface area contributed by atoms with Crippen LogP contribution in [0, 0.1) is 5.92 Å². The van der Waals surface area contributed by atoms with E-state index < -0.39 is 0 Å². The zero-order chi connectivity index (χ0) is 13.5. The maximum atomic E-state index is 9.39. The number of halogens is 1. The molecule has 1 aliphatic rings. The van der Waals surface area contributed by atoms with Gasteiger partial charge < -0.3 is 15.6 Å². The lowest BCUT2D eigenvalue weighted by atomic mass is 9.90. The van der Waals surface area contributed by atoms with Gasteiger partial charge in [-0.25, -0.2) is 0 Å². The van der Waals surface area contributed by atoms with Crippen LogP contribution in [0.1, 0.15) is 43.2 Å². The van der Waals surface area contributed by atoms with Gasteiger partial charge in [0.2, 0.25) is 0 Å². The fraction of sp³-hybridized carbons (Fsp3) is 0.625. The Morgan fingerprint density at radius 1 is 1.20 bits per heavy atom. The SMILES string of the molecule is Cl.NCCc1c(CO)cccc1OCC1CCCCC1. The van der Waals surface area contributed by atoms with Gasteiger partial charge in [0.15, 0.2) is 0 Å². The normalized spacial score (nSPS) is 15.7. The predicted octanol–water partition coefficient (Wildman–Crippen LogP) is 3.06. The van der Waals surface area contributed by atoms with Crippen molar-refractivity contribution in [3.8, 4) is 5.75 Å². The fourth-order valence-electron chi connectivity index (χ4n) is 2.88. The van der Waals surface area contributed by atoms with Crippen molar-refractivity contribution in [2.75, 3.05) is 13.2 Å². The van der Waals surface area contributed by atoms with E-state index in [2.05, 4.69) is 0 Å². The summed E-state index contributed by atoms with van der Waals surface area (Å²) in [5.74, 6) is 1.60. The maximum Gasteiger partial charge on any atom is 0.122 e. The molecule has 1 aromatic rings. The Bertz CT molecular complexity index is 392. The molecule has 20 heavy (non-hydrogen) atoms. The summed E-state index contributed by atoms with van der Waals surface area (Å²) in [5.41, 5.74) is 7.66. The highest BCUT2D eigenvalue weighted by Crippen LogP contribution is 2.27. The highest BCUT2D eigenvalue weighted by Gasteiger charge is 2.15.